The molecule has 1 saturated carbocycles. The molecule has 0 N–H and O–H groups in total. The Morgan fingerprint density at radius 2 is 1.52 bits per heavy atom. The SMILES string of the molecule is [2H]C([2H])([2H])c1c[c-]c(-c2ccc(C([2H])([2H])[2H])cn2)cc1.[2H]C([2H])([2H])c1ccc2oc3c(-c4cc(-c5ccc(C6([2H])CCCC6)cc5C([2H])([2H])[2H])c(C([2H])([2H])[2H])cn4)[c-]ccc3c2c1.[Ir]. The summed E-state index contributed by atoms with van der Waals surface area (Å²) in [6, 6.07) is 28.1. The van der Waals surface area contributed by atoms with Gasteiger partial charge in [0, 0.05) is 59.8 Å². The maximum Gasteiger partial charge on any atom is 0.120 e. The van der Waals surface area contributed by atoms with Gasteiger partial charge in [-0.2, -0.15) is 0 Å². The molecule has 0 amide bonds. The summed E-state index contributed by atoms with van der Waals surface area (Å²) in [6.07, 6.45) is 5.60. The first-order valence-corrected chi connectivity index (χ1v) is 15.3. The van der Waals surface area contributed by atoms with E-state index in [-0.39, 0.29) is 59.0 Å². The zero-order valence-electron chi connectivity index (χ0n) is 41.7. The van der Waals surface area contributed by atoms with Crippen molar-refractivity contribution in [1.82, 2.24) is 9.97 Å². The smallest absolute Gasteiger partial charge is 0.120 e. The number of rotatable bonds is 4. The molecule has 1 fully saturated rings. The van der Waals surface area contributed by atoms with Crippen LogP contribution in [0.25, 0.3) is 55.6 Å². The number of benzene rings is 4. The quantitative estimate of drug-likeness (QED) is 0.166. The topological polar surface area (TPSA) is 38.9 Å². The van der Waals surface area contributed by atoms with Crippen LogP contribution in [-0.2, 0) is 20.1 Å². The third kappa shape index (κ3) is 6.92. The molecule has 0 bridgehead atoms. The number of aromatic nitrogens is 2. The summed E-state index contributed by atoms with van der Waals surface area (Å²) in [5, 5.41) is 1.25. The third-order valence-electron chi connectivity index (χ3n) is 8.37. The summed E-state index contributed by atoms with van der Waals surface area (Å²) in [6.45, 7) is -11.8. The Hall–Kier alpha value is -4.37. The predicted octanol–water partition coefficient (Wildman–Crippen LogP) is 11.9. The standard InChI is InChI=1S/C31H28NO.C13H12N.Ir/c1-19-11-14-30-28(15-19)25-9-6-10-26(31(25)33-30)29-17-27(21(3)18-32-29)24-13-12-23(16-20(24)2)22-7-4-5-8-22;1-10-3-6-12(7-4-10)13-8-5-11(2)9-14-13;/h6,9,11-18,22H,4-5,7-8H2,1-3H3;3-6,8-9H,1-2H3;/q2*-1;/i1D3,2D3,3D3,22D;1D3,2D3;. The molecule has 4 heteroatoms. The molecule has 0 saturated heterocycles. The van der Waals surface area contributed by atoms with Gasteiger partial charge in [0.1, 0.15) is 5.58 Å². The van der Waals surface area contributed by atoms with Crippen molar-refractivity contribution in [2.45, 2.75) is 65.8 Å². The van der Waals surface area contributed by atoms with E-state index in [9.17, 15) is 0 Å². The van der Waals surface area contributed by atoms with E-state index in [0.29, 0.717) is 62.9 Å². The van der Waals surface area contributed by atoms with Gasteiger partial charge in [-0.25, -0.2) is 0 Å². The normalized spacial score (nSPS) is 19.8. The Morgan fingerprint density at radius 3 is 2.27 bits per heavy atom. The van der Waals surface area contributed by atoms with Gasteiger partial charge in [-0.1, -0.05) is 78.7 Å². The van der Waals surface area contributed by atoms with Crippen molar-refractivity contribution in [3.63, 3.8) is 0 Å². The van der Waals surface area contributed by atoms with E-state index in [4.69, 9.17) is 26.3 Å². The number of nitrogens with zero attached hydrogens (tertiary/aromatic N) is 2. The summed E-state index contributed by atoms with van der Waals surface area (Å²) in [5.41, 5.74) is 4.24. The van der Waals surface area contributed by atoms with Crippen molar-refractivity contribution in [3.05, 3.63) is 143 Å². The van der Waals surface area contributed by atoms with Crippen LogP contribution < -0.4 is 0 Å². The Bertz CT molecular complexity index is 2720. The van der Waals surface area contributed by atoms with Crippen molar-refractivity contribution in [1.29, 1.82) is 0 Å². The minimum atomic E-state index is -2.59. The number of fused-ring (bicyclic) bond motifs is 3. The molecular weight excluding hydrogens is 765 g/mol. The summed E-state index contributed by atoms with van der Waals surface area (Å²) < 4.78 is 132. The van der Waals surface area contributed by atoms with E-state index >= 15 is 0 Å². The molecule has 0 atom stereocenters. The molecule has 1 radical (unpaired) electrons. The minimum absolute atomic E-state index is 0. The van der Waals surface area contributed by atoms with E-state index in [1.165, 1.54) is 36.7 Å². The fraction of sp³-hybridized carbons (Fsp3) is 0.227. The first-order chi connectivity index (χ1) is 29.2. The second-order valence-corrected chi connectivity index (χ2v) is 11.5. The molecule has 1 aliphatic rings. The van der Waals surface area contributed by atoms with Crippen LogP contribution >= 0.6 is 0 Å². The van der Waals surface area contributed by atoms with Crippen LogP contribution in [0.5, 0.6) is 0 Å². The number of hydrogen-bond acceptors (Lipinski definition) is 3. The monoisotopic (exact) mass is 821 g/mol. The Balaban J connectivity index is 0.000000272. The number of hydrogen-bond donors (Lipinski definition) is 0. The van der Waals surface area contributed by atoms with Gasteiger partial charge in [-0.05, 0) is 103 Å². The van der Waals surface area contributed by atoms with Crippen LogP contribution in [0.4, 0.5) is 0 Å². The van der Waals surface area contributed by atoms with E-state index in [2.05, 4.69) is 22.1 Å². The number of furan rings is 1. The Kier molecular flexibility index (Phi) is 5.69. The first kappa shape index (κ1) is 19.0. The largest absolute Gasteiger partial charge is 0.501 e. The van der Waals surface area contributed by atoms with E-state index in [0.717, 1.165) is 12.8 Å². The van der Waals surface area contributed by atoms with E-state index in [1.807, 2.05) is 0 Å². The van der Waals surface area contributed by atoms with Crippen LogP contribution in [0.15, 0.2) is 102 Å². The molecule has 0 spiro atoms. The van der Waals surface area contributed by atoms with Crippen LogP contribution in [-0.4, -0.2) is 9.97 Å². The van der Waals surface area contributed by atoms with Gasteiger partial charge in [0.05, 0.1) is 5.58 Å². The molecule has 0 aliphatic heterocycles. The maximum absolute atomic E-state index is 8.93. The van der Waals surface area contributed by atoms with Crippen LogP contribution in [0.3, 0.4) is 0 Å². The summed E-state index contributed by atoms with van der Waals surface area (Å²) in [7, 11) is 0. The molecule has 3 nitrogen and oxygen atoms in total. The molecule has 3 heterocycles. The third-order valence-corrected chi connectivity index (χ3v) is 8.37. The fourth-order valence-corrected chi connectivity index (χ4v) is 5.97. The predicted molar refractivity (Wildman–Crippen MR) is 195 cm³/mol. The molecule has 0 unspecified atom stereocenters. The van der Waals surface area contributed by atoms with Crippen LogP contribution in [0.1, 0.15) is 86.9 Å². The van der Waals surface area contributed by atoms with Gasteiger partial charge in [-0.3, -0.25) is 0 Å². The zero-order chi connectivity index (χ0) is 45.9. The van der Waals surface area contributed by atoms with Crippen molar-refractivity contribution in [2.24, 2.45) is 0 Å². The molecule has 1 aliphatic carbocycles. The van der Waals surface area contributed by atoms with Gasteiger partial charge in [0.25, 0.3) is 0 Å². The second kappa shape index (κ2) is 14.4. The Morgan fingerprint density at radius 1 is 0.708 bits per heavy atom. The molecule has 8 rings (SSSR count). The number of pyridine rings is 2. The molecule has 3 aromatic heterocycles. The van der Waals surface area contributed by atoms with E-state index in [1.54, 1.807) is 60.7 Å². The van der Waals surface area contributed by atoms with Gasteiger partial charge >= 0.3 is 0 Å². The second-order valence-electron chi connectivity index (χ2n) is 11.5. The molecule has 48 heavy (non-hydrogen) atoms. The van der Waals surface area contributed by atoms with Crippen molar-refractivity contribution < 1.29 is 46.5 Å². The zero-order valence-corrected chi connectivity index (χ0v) is 28.1. The fourth-order valence-electron chi connectivity index (χ4n) is 5.97. The van der Waals surface area contributed by atoms with Gasteiger partial charge in [-0.15, -0.1) is 53.6 Å². The molecule has 7 aromatic rings. The summed E-state index contributed by atoms with van der Waals surface area (Å²) in [4.78, 5) is 8.53. The summed E-state index contributed by atoms with van der Waals surface area (Å²) in [5.74, 6) is -0.875. The van der Waals surface area contributed by atoms with Crippen molar-refractivity contribution >= 4 is 21.9 Å². The van der Waals surface area contributed by atoms with Gasteiger partial charge in [0.2, 0.25) is 0 Å². The first-order valence-electron chi connectivity index (χ1n) is 23.3. The average Bonchev–Trinajstić information content (AvgIpc) is 3.83. The maximum atomic E-state index is 8.93. The average molecular weight is 821 g/mol. The van der Waals surface area contributed by atoms with Crippen molar-refractivity contribution in [2.75, 3.05) is 0 Å². The van der Waals surface area contributed by atoms with Gasteiger partial charge < -0.3 is 14.4 Å². The van der Waals surface area contributed by atoms with Crippen molar-refractivity contribution in [3.8, 4) is 33.6 Å². The van der Waals surface area contributed by atoms with Crippen LogP contribution in [0, 0.1) is 46.4 Å². The summed E-state index contributed by atoms with van der Waals surface area (Å²) >= 11 is 0. The number of aryl methyl sites for hydroxylation is 5. The molecule has 243 valence electrons. The van der Waals surface area contributed by atoms with Gasteiger partial charge in [0.15, 0.2) is 0 Å². The van der Waals surface area contributed by atoms with E-state index < -0.39 is 40.2 Å². The minimum Gasteiger partial charge on any atom is -0.501 e. The van der Waals surface area contributed by atoms with Crippen LogP contribution in [0.2, 0.25) is 0 Å². The molecular formula is C44H40IrN2O-2. The Labute approximate surface area is 320 Å². The molecule has 4 aromatic carbocycles.